The number of pyridine rings is 1. The lowest BCUT2D eigenvalue weighted by atomic mass is 10.1. The summed E-state index contributed by atoms with van der Waals surface area (Å²) >= 11 is 0. The highest BCUT2D eigenvalue weighted by Crippen LogP contribution is 2.34. The molecule has 0 amide bonds. The number of carbonyl (C=O) groups excluding carboxylic acids is 1. The number of hydrogen-bond acceptors (Lipinski definition) is 3. The van der Waals surface area contributed by atoms with Crippen LogP contribution in [0.25, 0.3) is 5.65 Å². The normalized spacial score (nSPS) is 11.7. The zero-order chi connectivity index (χ0) is 18.9. The smallest absolute Gasteiger partial charge is 0.435 e. The molecule has 7 heteroatoms. The molecule has 0 aliphatic rings. The Balaban J connectivity index is 2.19. The van der Waals surface area contributed by atoms with Crippen molar-refractivity contribution in [3.05, 3.63) is 70.7 Å². The minimum absolute atomic E-state index is 0.0478. The van der Waals surface area contributed by atoms with E-state index < -0.39 is 17.8 Å². The summed E-state index contributed by atoms with van der Waals surface area (Å²) in [6, 6.07) is 11.7. The molecule has 0 aliphatic heterocycles. The van der Waals surface area contributed by atoms with Crippen LogP contribution in [0.15, 0.2) is 42.5 Å². The average molecular weight is 362 g/mol. The summed E-state index contributed by atoms with van der Waals surface area (Å²) < 4.78 is 47.0. The monoisotopic (exact) mass is 362 g/mol. The quantitative estimate of drug-likeness (QED) is 0.645. The van der Waals surface area contributed by atoms with Crippen molar-refractivity contribution >= 4 is 11.6 Å². The van der Waals surface area contributed by atoms with Gasteiger partial charge >= 0.3 is 12.1 Å². The van der Waals surface area contributed by atoms with E-state index in [0.29, 0.717) is 5.69 Å². The molecule has 0 spiro atoms. The predicted octanol–water partition coefficient (Wildman–Crippen LogP) is 4.43. The van der Waals surface area contributed by atoms with Gasteiger partial charge in [-0.25, -0.2) is 9.78 Å². The van der Waals surface area contributed by atoms with Gasteiger partial charge in [0, 0.05) is 12.1 Å². The third-order valence-electron chi connectivity index (χ3n) is 3.99. The van der Waals surface area contributed by atoms with Gasteiger partial charge in [0.2, 0.25) is 0 Å². The van der Waals surface area contributed by atoms with Crippen molar-refractivity contribution < 1.29 is 22.7 Å². The highest BCUT2D eigenvalue weighted by molar-refractivity contribution is 5.90. The summed E-state index contributed by atoms with van der Waals surface area (Å²) in [7, 11) is 0. The van der Waals surface area contributed by atoms with Crippen molar-refractivity contribution in [2.24, 2.45) is 0 Å². The lowest BCUT2D eigenvalue weighted by molar-refractivity contribution is -0.141. The zero-order valence-electron chi connectivity index (χ0n) is 14.3. The Kier molecular flexibility index (Phi) is 4.71. The van der Waals surface area contributed by atoms with Gasteiger partial charge in [-0.05, 0) is 31.5 Å². The Hall–Kier alpha value is -2.83. The van der Waals surface area contributed by atoms with Crippen LogP contribution in [-0.4, -0.2) is 22.0 Å². The number of esters is 1. The molecule has 0 saturated heterocycles. The minimum Gasteiger partial charge on any atom is -0.462 e. The molecule has 4 nitrogen and oxygen atoms in total. The van der Waals surface area contributed by atoms with Crippen LogP contribution in [0.2, 0.25) is 0 Å². The number of aromatic nitrogens is 2. The minimum atomic E-state index is -4.59. The standard InChI is InChI=1S/C19H17F3N2O2/c1-3-26-18(25)14-9-12(2)24-15(10-13-7-5-4-6-8-13)17(19(20,21)22)23-16(24)11-14/h4-9,11H,3,10H2,1-2H3. The predicted molar refractivity (Wildman–Crippen MR) is 90.1 cm³/mol. The third kappa shape index (κ3) is 3.42. The highest BCUT2D eigenvalue weighted by Gasteiger charge is 2.38. The maximum atomic E-state index is 13.5. The lowest BCUT2D eigenvalue weighted by Gasteiger charge is -2.11. The highest BCUT2D eigenvalue weighted by atomic mass is 19.4. The van der Waals surface area contributed by atoms with Crippen molar-refractivity contribution in [3.63, 3.8) is 0 Å². The van der Waals surface area contributed by atoms with Crippen molar-refractivity contribution in [2.45, 2.75) is 26.4 Å². The third-order valence-corrected chi connectivity index (χ3v) is 3.99. The van der Waals surface area contributed by atoms with Gasteiger partial charge in [0.15, 0.2) is 5.69 Å². The molecule has 0 unspecified atom stereocenters. The zero-order valence-corrected chi connectivity index (χ0v) is 14.3. The molecule has 2 aromatic heterocycles. The van der Waals surface area contributed by atoms with Crippen LogP contribution in [0.3, 0.4) is 0 Å². The summed E-state index contributed by atoms with van der Waals surface area (Å²) in [5.74, 6) is -0.584. The fourth-order valence-corrected chi connectivity index (χ4v) is 2.95. The van der Waals surface area contributed by atoms with E-state index in [1.54, 1.807) is 44.2 Å². The van der Waals surface area contributed by atoms with Gasteiger partial charge < -0.3 is 9.14 Å². The second kappa shape index (κ2) is 6.82. The number of hydrogen-bond donors (Lipinski definition) is 0. The molecule has 26 heavy (non-hydrogen) atoms. The van der Waals surface area contributed by atoms with Crippen LogP contribution >= 0.6 is 0 Å². The number of aryl methyl sites for hydroxylation is 1. The van der Waals surface area contributed by atoms with Crippen LogP contribution in [-0.2, 0) is 17.3 Å². The van der Waals surface area contributed by atoms with Crippen LogP contribution in [0.5, 0.6) is 0 Å². The van der Waals surface area contributed by atoms with E-state index in [1.807, 2.05) is 0 Å². The number of nitrogens with zero attached hydrogens (tertiary/aromatic N) is 2. The van der Waals surface area contributed by atoms with E-state index in [0.717, 1.165) is 5.56 Å². The molecule has 3 rings (SSSR count). The first-order chi connectivity index (χ1) is 12.3. The van der Waals surface area contributed by atoms with Gasteiger partial charge in [0.25, 0.3) is 0 Å². The maximum absolute atomic E-state index is 13.5. The molecule has 0 atom stereocenters. The van der Waals surface area contributed by atoms with Gasteiger partial charge in [-0.3, -0.25) is 0 Å². The first-order valence-corrected chi connectivity index (χ1v) is 8.11. The summed E-state index contributed by atoms with van der Waals surface area (Å²) in [4.78, 5) is 15.7. The van der Waals surface area contributed by atoms with Crippen molar-refractivity contribution in [3.8, 4) is 0 Å². The fraction of sp³-hybridized carbons (Fsp3) is 0.263. The molecule has 136 valence electrons. The molecular formula is C19H17F3N2O2. The SMILES string of the molecule is CCOC(=O)c1cc(C)n2c(Cc3ccccc3)c(C(F)(F)F)nc2c1. The fourth-order valence-electron chi connectivity index (χ4n) is 2.95. The molecule has 0 bridgehead atoms. The van der Waals surface area contributed by atoms with Gasteiger partial charge in [0.1, 0.15) is 5.65 Å². The van der Waals surface area contributed by atoms with Crippen LogP contribution < -0.4 is 0 Å². The number of benzene rings is 1. The Labute approximate surface area is 148 Å². The number of alkyl halides is 3. The Morgan fingerprint density at radius 1 is 1.19 bits per heavy atom. The first kappa shape index (κ1) is 18.0. The Bertz CT molecular complexity index is 947. The number of rotatable bonds is 4. The van der Waals surface area contributed by atoms with Crippen LogP contribution in [0.4, 0.5) is 13.2 Å². The van der Waals surface area contributed by atoms with Gasteiger partial charge in [0.05, 0.1) is 17.9 Å². The van der Waals surface area contributed by atoms with E-state index >= 15 is 0 Å². The summed E-state index contributed by atoms with van der Waals surface area (Å²) in [6.45, 7) is 3.50. The van der Waals surface area contributed by atoms with Gasteiger partial charge in [-0.1, -0.05) is 30.3 Å². The second-order valence-corrected chi connectivity index (χ2v) is 5.87. The topological polar surface area (TPSA) is 43.6 Å². The second-order valence-electron chi connectivity index (χ2n) is 5.87. The average Bonchev–Trinajstić information content (AvgIpc) is 2.95. The lowest BCUT2D eigenvalue weighted by Crippen LogP contribution is -2.11. The van der Waals surface area contributed by atoms with E-state index in [2.05, 4.69) is 4.98 Å². The number of halogens is 3. The van der Waals surface area contributed by atoms with Gasteiger partial charge in [-0.15, -0.1) is 0 Å². The summed E-state index contributed by atoms with van der Waals surface area (Å²) in [5.41, 5.74) is 0.596. The molecule has 0 N–H and O–H groups in total. The number of carbonyl (C=O) groups is 1. The van der Waals surface area contributed by atoms with E-state index in [4.69, 9.17) is 4.74 Å². The molecule has 2 heterocycles. The maximum Gasteiger partial charge on any atom is 0.435 e. The van der Waals surface area contributed by atoms with E-state index in [9.17, 15) is 18.0 Å². The first-order valence-electron chi connectivity index (χ1n) is 8.11. The number of fused-ring (bicyclic) bond motifs is 1. The Morgan fingerprint density at radius 3 is 2.50 bits per heavy atom. The van der Waals surface area contributed by atoms with E-state index in [-0.39, 0.29) is 29.9 Å². The van der Waals surface area contributed by atoms with Crippen molar-refractivity contribution in [1.29, 1.82) is 0 Å². The van der Waals surface area contributed by atoms with Crippen molar-refractivity contribution in [1.82, 2.24) is 9.38 Å². The molecule has 0 radical (unpaired) electrons. The largest absolute Gasteiger partial charge is 0.462 e. The molecular weight excluding hydrogens is 345 g/mol. The van der Waals surface area contributed by atoms with Crippen LogP contribution in [0.1, 0.15) is 39.9 Å². The number of imidazole rings is 1. The van der Waals surface area contributed by atoms with Crippen molar-refractivity contribution in [2.75, 3.05) is 6.61 Å². The molecule has 3 aromatic rings. The van der Waals surface area contributed by atoms with Crippen LogP contribution in [0, 0.1) is 6.92 Å². The molecule has 1 aromatic carbocycles. The number of ether oxygens (including phenoxy) is 1. The summed E-state index contributed by atoms with van der Waals surface area (Å²) in [6.07, 6.45) is -4.51. The molecule has 0 fully saturated rings. The van der Waals surface area contributed by atoms with Gasteiger partial charge in [-0.2, -0.15) is 13.2 Å². The molecule has 0 aliphatic carbocycles. The summed E-state index contributed by atoms with van der Waals surface area (Å²) in [5, 5.41) is 0. The Morgan fingerprint density at radius 2 is 1.88 bits per heavy atom. The van der Waals surface area contributed by atoms with E-state index in [1.165, 1.54) is 16.5 Å². The molecule has 0 saturated carbocycles.